The molecule has 0 radical (unpaired) electrons. The smallest absolute Gasteiger partial charge is 0.238 e. The van der Waals surface area contributed by atoms with E-state index in [-0.39, 0.29) is 18.4 Å². The number of terminal acetylenes is 1. The first-order valence-electron chi connectivity index (χ1n) is 3.73. The van der Waals surface area contributed by atoms with E-state index in [9.17, 15) is 4.79 Å². The van der Waals surface area contributed by atoms with Crippen molar-refractivity contribution in [3.05, 3.63) is 12.7 Å². The first kappa shape index (κ1) is 10.7. The molecule has 2 atom stereocenters. The summed E-state index contributed by atoms with van der Waals surface area (Å²) in [5.41, 5.74) is 5.44. The molecule has 0 aliphatic heterocycles. The van der Waals surface area contributed by atoms with Crippen molar-refractivity contribution in [3.8, 4) is 12.3 Å². The van der Waals surface area contributed by atoms with E-state index in [1.54, 1.807) is 6.08 Å². The molecule has 0 rings (SSSR count). The van der Waals surface area contributed by atoms with Gasteiger partial charge in [-0.1, -0.05) is 6.08 Å². The van der Waals surface area contributed by atoms with Gasteiger partial charge in [0.15, 0.2) is 0 Å². The summed E-state index contributed by atoms with van der Waals surface area (Å²) in [6.45, 7) is 5.34. The van der Waals surface area contributed by atoms with Gasteiger partial charge in [0.2, 0.25) is 5.91 Å². The Balaban J connectivity index is 3.88. The van der Waals surface area contributed by atoms with Gasteiger partial charge in [-0.05, 0) is 6.92 Å². The van der Waals surface area contributed by atoms with Gasteiger partial charge in [-0.25, -0.2) is 0 Å². The molecule has 0 saturated carbocycles. The Labute approximate surface area is 73.0 Å². The summed E-state index contributed by atoms with van der Waals surface area (Å²) in [5, 5.41) is 2.64. The third-order valence-corrected chi connectivity index (χ3v) is 1.40. The zero-order valence-electron chi connectivity index (χ0n) is 7.21. The second-order valence-electron chi connectivity index (χ2n) is 2.55. The van der Waals surface area contributed by atoms with E-state index < -0.39 is 6.04 Å². The summed E-state index contributed by atoms with van der Waals surface area (Å²) in [6.07, 6.45) is 6.89. The lowest BCUT2D eigenvalue weighted by Crippen LogP contribution is -2.43. The minimum atomic E-state index is -0.614. The van der Waals surface area contributed by atoms with Crippen LogP contribution in [0.1, 0.15) is 13.3 Å². The first-order valence-corrected chi connectivity index (χ1v) is 3.73. The van der Waals surface area contributed by atoms with E-state index in [0.717, 1.165) is 0 Å². The average Bonchev–Trinajstić information content (AvgIpc) is 2.04. The zero-order chi connectivity index (χ0) is 9.56. The van der Waals surface area contributed by atoms with Gasteiger partial charge in [0.05, 0.1) is 6.04 Å². The van der Waals surface area contributed by atoms with Crippen molar-refractivity contribution in [1.82, 2.24) is 5.32 Å². The van der Waals surface area contributed by atoms with Crippen LogP contribution < -0.4 is 11.1 Å². The topological polar surface area (TPSA) is 55.1 Å². The molecular formula is C9H14N2O. The van der Waals surface area contributed by atoms with Gasteiger partial charge in [0, 0.05) is 12.5 Å². The van der Waals surface area contributed by atoms with E-state index >= 15 is 0 Å². The summed E-state index contributed by atoms with van der Waals surface area (Å²) >= 11 is 0. The minimum Gasteiger partial charge on any atom is -0.349 e. The molecule has 0 aromatic carbocycles. The van der Waals surface area contributed by atoms with Crippen LogP contribution in [0.2, 0.25) is 0 Å². The van der Waals surface area contributed by atoms with Crippen LogP contribution in [0.15, 0.2) is 12.7 Å². The van der Waals surface area contributed by atoms with Crippen molar-refractivity contribution in [2.75, 3.05) is 0 Å². The van der Waals surface area contributed by atoms with Gasteiger partial charge >= 0.3 is 0 Å². The second kappa shape index (κ2) is 5.39. The molecule has 1 amide bonds. The molecule has 12 heavy (non-hydrogen) atoms. The van der Waals surface area contributed by atoms with Crippen LogP contribution in [0, 0.1) is 12.3 Å². The van der Waals surface area contributed by atoms with E-state index in [2.05, 4.69) is 17.8 Å². The summed E-state index contributed by atoms with van der Waals surface area (Å²) in [6, 6.07) is -0.682. The molecule has 66 valence electrons. The molecule has 0 aromatic heterocycles. The number of carbonyl (C=O) groups is 1. The van der Waals surface area contributed by atoms with Crippen molar-refractivity contribution in [3.63, 3.8) is 0 Å². The lowest BCUT2D eigenvalue weighted by Gasteiger charge is -2.12. The highest BCUT2D eigenvalue weighted by Crippen LogP contribution is 1.88. The third-order valence-electron chi connectivity index (χ3n) is 1.40. The lowest BCUT2D eigenvalue weighted by atomic mass is 10.2. The van der Waals surface area contributed by atoms with Crippen molar-refractivity contribution < 1.29 is 4.79 Å². The van der Waals surface area contributed by atoms with E-state index in [4.69, 9.17) is 12.2 Å². The predicted molar refractivity (Wildman–Crippen MR) is 49.2 cm³/mol. The van der Waals surface area contributed by atoms with Crippen LogP contribution in [0.5, 0.6) is 0 Å². The number of rotatable bonds is 4. The molecule has 0 aliphatic carbocycles. The molecule has 0 fully saturated rings. The fraction of sp³-hybridized carbons (Fsp3) is 0.444. The molecular weight excluding hydrogens is 152 g/mol. The third kappa shape index (κ3) is 3.79. The minimum absolute atomic E-state index is 0.0682. The monoisotopic (exact) mass is 166 g/mol. The highest BCUT2D eigenvalue weighted by Gasteiger charge is 2.12. The Morgan fingerprint density at radius 2 is 2.50 bits per heavy atom. The van der Waals surface area contributed by atoms with Gasteiger partial charge in [-0.3, -0.25) is 4.79 Å². The van der Waals surface area contributed by atoms with Crippen molar-refractivity contribution >= 4 is 5.91 Å². The van der Waals surface area contributed by atoms with Crippen LogP contribution in [-0.2, 0) is 4.79 Å². The quantitative estimate of drug-likeness (QED) is 0.457. The Bertz CT molecular complexity index is 205. The van der Waals surface area contributed by atoms with Gasteiger partial charge in [0.25, 0.3) is 0 Å². The largest absolute Gasteiger partial charge is 0.349 e. The normalized spacial score (nSPS) is 14.1. The van der Waals surface area contributed by atoms with E-state index in [1.807, 2.05) is 6.92 Å². The maximum atomic E-state index is 11.1. The predicted octanol–water partition coefficient (Wildman–Crippen LogP) is 0.0277. The summed E-state index contributed by atoms with van der Waals surface area (Å²) in [4.78, 5) is 11.1. The number of hydrogen-bond acceptors (Lipinski definition) is 2. The average molecular weight is 166 g/mol. The Morgan fingerprint density at radius 3 is 2.92 bits per heavy atom. The number of nitrogens with one attached hydrogen (secondary N) is 1. The highest BCUT2D eigenvalue weighted by molar-refractivity contribution is 5.82. The molecule has 0 heterocycles. The second-order valence-corrected chi connectivity index (χ2v) is 2.55. The SMILES string of the molecule is C#CCC(N)C(=O)NC(C)C=C. The molecule has 0 spiro atoms. The lowest BCUT2D eigenvalue weighted by molar-refractivity contribution is -0.122. The van der Waals surface area contributed by atoms with Crippen LogP contribution in [-0.4, -0.2) is 18.0 Å². The zero-order valence-corrected chi connectivity index (χ0v) is 7.21. The van der Waals surface area contributed by atoms with Crippen molar-refractivity contribution in [2.24, 2.45) is 5.73 Å². The molecule has 3 heteroatoms. The standard InChI is InChI=1S/C9H14N2O/c1-4-6-8(10)9(12)11-7(3)5-2/h1,5,7-8H,2,6,10H2,3H3,(H,11,12). The molecule has 3 nitrogen and oxygen atoms in total. The van der Waals surface area contributed by atoms with Gasteiger partial charge in [-0.2, -0.15) is 0 Å². The van der Waals surface area contributed by atoms with Crippen LogP contribution >= 0.6 is 0 Å². The first-order chi connectivity index (χ1) is 5.61. The van der Waals surface area contributed by atoms with Crippen molar-refractivity contribution in [1.29, 1.82) is 0 Å². The maximum Gasteiger partial charge on any atom is 0.238 e. The van der Waals surface area contributed by atoms with Crippen LogP contribution in [0.4, 0.5) is 0 Å². The number of nitrogens with two attached hydrogens (primary N) is 1. The summed E-state index contributed by atoms with van der Waals surface area (Å²) < 4.78 is 0. The molecule has 0 saturated heterocycles. The van der Waals surface area contributed by atoms with Gasteiger partial charge in [0.1, 0.15) is 0 Å². The fourth-order valence-electron chi connectivity index (χ4n) is 0.610. The van der Waals surface area contributed by atoms with Gasteiger partial charge < -0.3 is 11.1 Å². The molecule has 0 aromatic rings. The van der Waals surface area contributed by atoms with Crippen LogP contribution in [0.25, 0.3) is 0 Å². The summed E-state index contributed by atoms with van der Waals surface area (Å²) in [5.74, 6) is 2.09. The maximum absolute atomic E-state index is 11.1. The molecule has 0 aliphatic rings. The van der Waals surface area contributed by atoms with Crippen LogP contribution in [0.3, 0.4) is 0 Å². The molecule has 3 N–H and O–H groups in total. The Morgan fingerprint density at radius 1 is 1.92 bits per heavy atom. The van der Waals surface area contributed by atoms with E-state index in [1.165, 1.54) is 0 Å². The number of amides is 1. The Hall–Kier alpha value is -1.27. The van der Waals surface area contributed by atoms with E-state index in [0.29, 0.717) is 0 Å². The fourth-order valence-corrected chi connectivity index (χ4v) is 0.610. The van der Waals surface area contributed by atoms with Crippen molar-refractivity contribution in [2.45, 2.75) is 25.4 Å². The highest BCUT2D eigenvalue weighted by atomic mass is 16.2. The molecule has 0 bridgehead atoms. The number of carbonyl (C=O) groups excluding carboxylic acids is 1. The summed E-state index contributed by atoms with van der Waals surface area (Å²) in [7, 11) is 0. The Kier molecular flexibility index (Phi) is 4.82. The molecule has 2 unspecified atom stereocenters. The number of hydrogen-bond donors (Lipinski definition) is 2. The van der Waals surface area contributed by atoms with Gasteiger partial charge in [-0.15, -0.1) is 18.9 Å².